The number of carbonyl (C=O) groups excluding carboxylic acids is 1. The standard InChI is InChI=1S/C22H20N4O2S/c1-3-14-5-7-15(8-6-14)25-11-23-22-26(12-25)21(28)19(29-22)18-16-10-13(2)4-9-17(16)24-20(18)27/h4-10H,3,11-12H2,1-2H3,(H,24,27)/b19-18-. The minimum absolute atomic E-state index is 0.164. The van der Waals surface area contributed by atoms with Crippen molar-refractivity contribution in [2.24, 2.45) is 4.99 Å². The van der Waals surface area contributed by atoms with E-state index in [0.717, 1.165) is 28.9 Å². The van der Waals surface area contributed by atoms with Crippen molar-refractivity contribution >= 4 is 34.2 Å². The van der Waals surface area contributed by atoms with E-state index in [0.29, 0.717) is 28.2 Å². The lowest BCUT2D eigenvalue weighted by atomic mass is 10.1. The Morgan fingerprint density at radius 3 is 2.69 bits per heavy atom. The van der Waals surface area contributed by atoms with Gasteiger partial charge in [0.25, 0.3) is 11.5 Å². The van der Waals surface area contributed by atoms with Crippen molar-refractivity contribution < 1.29 is 4.79 Å². The minimum atomic E-state index is -0.228. The second kappa shape index (κ2) is 6.70. The molecule has 1 aromatic heterocycles. The first-order valence-electron chi connectivity index (χ1n) is 9.60. The molecule has 1 N–H and O–H groups in total. The zero-order valence-corrected chi connectivity index (χ0v) is 17.0. The highest BCUT2D eigenvalue weighted by Crippen LogP contribution is 2.30. The Kier molecular flexibility index (Phi) is 4.13. The Bertz CT molecular complexity index is 1320. The lowest BCUT2D eigenvalue weighted by Gasteiger charge is -2.25. The number of nitrogens with zero attached hydrogens (tertiary/aromatic N) is 3. The lowest BCUT2D eigenvalue weighted by molar-refractivity contribution is -0.110. The summed E-state index contributed by atoms with van der Waals surface area (Å²) in [5.74, 6) is -0.228. The molecule has 0 unspecified atom stereocenters. The number of anilines is 2. The average molecular weight is 404 g/mol. The zero-order valence-electron chi connectivity index (χ0n) is 16.2. The Hall–Kier alpha value is -3.19. The molecule has 2 aliphatic heterocycles. The summed E-state index contributed by atoms with van der Waals surface area (Å²) in [5.41, 5.74) is 5.18. The van der Waals surface area contributed by atoms with Crippen LogP contribution in [-0.2, 0) is 17.9 Å². The molecule has 6 nitrogen and oxygen atoms in total. The second-order valence-electron chi connectivity index (χ2n) is 7.33. The maximum atomic E-state index is 13.2. The first-order chi connectivity index (χ1) is 14.0. The summed E-state index contributed by atoms with van der Waals surface area (Å²) in [7, 11) is 0. The molecule has 0 atom stereocenters. The van der Waals surface area contributed by atoms with Crippen LogP contribution in [0.15, 0.2) is 52.3 Å². The number of carbonyl (C=O) groups is 1. The van der Waals surface area contributed by atoms with Crippen LogP contribution < -0.4 is 25.1 Å². The van der Waals surface area contributed by atoms with Gasteiger partial charge in [-0.25, -0.2) is 4.99 Å². The molecule has 2 aliphatic rings. The van der Waals surface area contributed by atoms with Gasteiger partial charge in [0.2, 0.25) is 0 Å². The van der Waals surface area contributed by atoms with E-state index in [9.17, 15) is 9.59 Å². The zero-order chi connectivity index (χ0) is 20.1. The van der Waals surface area contributed by atoms with Crippen LogP contribution in [0.2, 0.25) is 0 Å². The van der Waals surface area contributed by atoms with E-state index in [4.69, 9.17) is 0 Å². The van der Waals surface area contributed by atoms with Crippen molar-refractivity contribution in [2.45, 2.75) is 26.9 Å². The molecule has 2 aromatic carbocycles. The van der Waals surface area contributed by atoms with Gasteiger partial charge in [-0.05, 0) is 43.2 Å². The molecule has 146 valence electrons. The Labute approximate surface area is 171 Å². The fourth-order valence-corrected chi connectivity index (χ4v) is 4.83. The van der Waals surface area contributed by atoms with Crippen LogP contribution in [0, 0.1) is 6.92 Å². The lowest BCUT2D eigenvalue weighted by Crippen LogP contribution is -2.43. The third-order valence-corrected chi connectivity index (χ3v) is 6.52. The van der Waals surface area contributed by atoms with Gasteiger partial charge in [-0.3, -0.25) is 14.2 Å². The summed E-state index contributed by atoms with van der Waals surface area (Å²) in [6, 6.07) is 14.1. The molecule has 7 heteroatoms. The topological polar surface area (TPSA) is 66.7 Å². The SMILES string of the molecule is CCc1ccc(N2CN=c3s/c(=C4\C(=O)Nc5ccc(C)cc54)c(=O)n3C2)cc1. The third-order valence-electron chi connectivity index (χ3n) is 5.41. The summed E-state index contributed by atoms with van der Waals surface area (Å²) in [6.45, 7) is 5.02. The van der Waals surface area contributed by atoms with E-state index in [-0.39, 0.29) is 11.5 Å². The average Bonchev–Trinajstić information content (AvgIpc) is 3.23. The van der Waals surface area contributed by atoms with E-state index in [1.807, 2.05) is 25.1 Å². The monoisotopic (exact) mass is 404 g/mol. The minimum Gasteiger partial charge on any atom is -0.334 e. The van der Waals surface area contributed by atoms with E-state index in [2.05, 4.69) is 46.4 Å². The molecule has 0 saturated heterocycles. The van der Waals surface area contributed by atoms with Crippen LogP contribution >= 0.6 is 11.3 Å². The molecular weight excluding hydrogens is 384 g/mol. The number of hydrogen-bond donors (Lipinski definition) is 1. The number of fused-ring (bicyclic) bond motifs is 2. The molecule has 0 bridgehead atoms. The predicted molar refractivity (Wildman–Crippen MR) is 115 cm³/mol. The van der Waals surface area contributed by atoms with E-state index < -0.39 is 0 Å². The smallest absolute Gasteiger partial charge is 0.272 e. The molecule has 5 rings (SSSR count). The van der Waals surface area contributed by atoms with Crippen molar-refractivity contribution in [1.82, 2.24) is 4.57 Å². The van der Waals surface area contributed by atoms with Gasteiger partial charge in [-0.15, -0.1) is 0 Å². The molecule has 0 spiro atoms. The quantitative estimate of drug-likeness (QED) is 0.710. The number of rotatable bonds is 2. The van der Waals surface area contributed by atoms with E-state index in [1.54, 1.807) is 4.57 Å². The van der Waals surface area contributed by atoms with Gasteiger partial charge in [0.1, 0.15) is 17.9 Å². The molecule has 3 heterocycles. The molecular formula is C22H20N4O2S. The number of hydrogen-bond acceptors (Lipinski definition) is 5. The maximum absolute atomic E-state index is 13.2. The molecule has 3 aromatic rings. The van der Waals surface area contributed by atoms with Gasteiger partial charge in [0.15, 0.2) is 4.80 Å². The van der Waals surface area contributed by atoms with Crippen molar-refractivity contribution in [3.8, 4) is 0 Å². The first-order valence-corrected chi connectivity index (χ1v) is 10.4. The maximum Gasteiger partial charge on any atom is 0.272 e. The van der Waals surface area contributed by atoms with Gasteiger partial charge < -0.3 is 10.2 Å². The van der Waals surface area contributed by atoms with Crippen LogP contribution in [0.5, 0.6) is 0 Å². The number of amides is 1. The van der Waals surface area contributed by atoms with Crippen molar-refractivity contribution in [3.63, 3.8) is 0 Å². The van der Waals surface area contributed by atoms with Gasteiger partial charge >= 0.3 is 0 Å². The summed E-state index contributed by atoms with van der Waals surface area (Å²) in [6.07, 6.45) is 0.990. The third kappa shape index (κ3) is 2.89. The largest absolute Gasteiger partial charge is 0.334 e. The number of nitrogens with one attached hydrogen (secondary N) is 1. The van der Waals surface area contributed by atoms with Gasteiger partial charge in [-0.1, -0.05) is 42.0 Å². The van der Waals surface area contributed by atoms with E-state index >= 15 is 0 Å². The van der Waals surface area contributed by atoms with Gasteiger partial charge in [-0.2, -0.15) is 0 Å². The molecule has 0 fully saturated rings. The van der Waals surface area contributed by atoms with Crippen LogP contribution in [0.25, 0.3) is 5.57 Å². The molecule has 0 aliphatic carbocycles. The predicted octanol–water partition coefficient (Wildman–Crippen LogP) is 1.99. The van der Waals surface area contributed by atoms with Gasteiger partial charge in [0, 0.05) is 16.9 Å². The summed E-state index contributed by atoms with van der Waals surface area (Å²) in [4.78, 5) is 33.2. The number of thiazole rings is 1. The fraction of sp³-hybridized carbons (Fsp3) is 0.227. The summed E-state index contributed by atoms with van der Waals surface area (Å²) in [5, 5.41) is 2.87. The fourth-order valence-electron chi connectivity index (χ4n) is 3.77. The molecule has 1 amide bonds. The van der Waals surface area contributed by atoms with Crippen molar-refractivity contribution in [1.29, 1.82) is 0 Å². The molecule has 29 heavy (non-hydrogen) atoms. The Balaban J connectivity index is 1.61. The van der Waals surface area contributed by atoms with Crippen LogP contribution in [0.3, 0.4) is 0 Å². The highest BCUT2D eigenvalue weighted by molar-refractivity contribution is 7.07. The highest BCUT2D eigenvalue weighted by Gasteiger charge is 2.28. The Morgan fingerprint density at radius 2 is 1.93 bits per heavy atom. The van der Waals surface area contributed by atoms with Crippen molar-refractivity contribution in [2.75, 3.05) is 16.9 Å². The molecule has 0 radical (unpaired) electrons. The first kappa shape index (κ1) is 17.9. The Morgan fingerprint density at radius 1 is 1.14 bits per heavy atom. The summed E-state index contributed by atoms with van der Waals surface area (Å²) < 4.78 is 2.11. The highest BCUT2D eigenvalue weighted by atomic mass is 32.1. The number of aryl methyl sites for hydroxylation is 2. The number of benzene rings is 2. The van der Waals surface area contributed by atoms with E-state index in [1.165, 1.54) is 16.9 Å². The van der Waals surface area contributed by atoms with Crippen LogP contribution in [0.1, 0.15) is 23.6 Å². The van der Waals surface area contributed by atoms with Crippen LogP contribution in [0.4, 0.5) is 11.4 Å². The van der Waals surface area contributed by atoms with Gasteiger partial charge in [0.05, 0.1) is 5.57 Å². The molecule has 0 saturated carbocycles. The van der Waals surface area contributed by atoms with Crippen LogP contribution in [-0.4, -0.2) is 17.1 Å². The second-order valence-corrected chi connectivity index (χ2v) is 8.30. The normalized spacial score (nSPS) is 16.9. The number of aromatic nitrogens is 1. The summed E-state index contributed by atoms with van der Waals surface area (Å²) >= 11 is 1.29. The van der Waals surface area contributed by atoms with Crippen molar-refractivity contribution in [3.05, 3.63) is 78.8 Å².